The molecule has 0 aromatic rings. The van der Waals surface area contributed by atoms with Gasteiger partial charge in [0.25, 0.3) is 0 Å². The predicted octanol–water partition coefficient (Wildman–Crippen LogP) is -0.673. The summed E-state index contributed by atoms with van der Waals surface area (Å²) < 4.78 is 14.1. The van der Waals surface area contributed by atoms with Crippen molar-refractivity contribution in [1.29, 1.82) is 0 Å². The van der Waals surface area contributed by atoms with Gasteiger partial charge in [-0.25, -0.2) is 4.79 Å². The van der Waals surface area contributed by atoms with Crippen molar-refractivity contribution in [2.75, 3.05) is 34.0 Å². The lowest BCUT2D eigenvalue weighted by atomic mass is 10.3. The molecule has 0 radical (unpaired) electrons. The molecule has 6 nitrogen and oxygen atoms in total. The van der Waals surface area contributed by atoms with Gasteiger partial charge in [0.05, 0.1) is 20.3 Å². The molecule has 0 spiro atoms. The molecule has 15 heavy (non-hydrogen) atoms. The van der Waals surface area contributed by atoms with Gasteiger partial charge in [-0.05, 0) is 6.92 Å². The van der Waals surface area contributed by atoms with Crippen LogP contribution in [0.3, 0.4) is 0 Å². The van der Waals surface area contributed by atoms with Crippen LogP contribution in [0.1, 0.15) is 6.92 Å². The summed E-state index contributed by atoms with van der Waals surface area (Å²) in [7, 11) is 2.81. The zero-order valence-electron chi connectivity index (χ0n) is 9.24. The monoisotopic (exact) mass is 219 g/mol. The second-order valence-electron chi connectivity index (χ2n) is 2.86. The minimum Gasteiger partial charge on any atom is -0.467 e. The maximum Gasteiger partial charge on any atom is 0.328 e. The van der Waals surface area contributed by atoms with Gasteiger partial charge < -0.3 is 19.5 Å². The van der Waals surface area contributed by atoms with Crippen LogP contribution in [0.15, 0.2) is 0 Å². The highest BCUT2D eigenvalue weighted by atomic mass is 16.5. The molecule has 0 heterocycles. The number of amides is 1. The largest absolute Gasteiger partial charge is 0.467 e. The van der Waals surface area contributed by atoms with E-state index in [0.717, 1.165) is 0 Å². The van der Waals surface area contributed by atoms with E-state index in [9.17, 15) is 9.59 Å². The summed E-state index contributed by atoms with van der Waals surface area (Å²) in [4.78, 5) is 22.1. The van der Waals surface area contributed by atoms with Crippen molar-refractivity contribution < 1.29 is 23.8 Å². The lowest BCUT2D eigenvalue weighted by molar-refractivity contribution is -0.145. The molecule has 6 heteroatoms. The van der Waals surface area contributed by atoms with Crippen LogP contribution in [0.5, 0.6) is 0 Å². The normalized spacial score (nSPS) is 11.9. The number of hydrogen-bond acceptors (Lipinski definition) is 5. The first-order valence-corrected chi connectivity index (χ1v) is 4.55. The van der Waals surface area contributed by atoms with E-state index in [1.807, 2.05) is 0 Å². The van der Waals surface area contributed by atoms with Crippen molar-refractivity contribution in [3.8, 4) is 0 Å². The third-order valence-corrected chi connectivity index (χ3v) is 1.60. The van der Waals surface area contributed by atoms with Crippen molar-refractivity contribution >= 4 is 11.9 Å². The molecule has 0 aromatic heterocycles. The number of hydrogen-bond donors (Lipinski definition) is 1. The number of methoxy groups -OCH3 is 2. The third kappa shape index (κ3) is 6.87. The van der Waals surface area contributed by atoms with Crippen molar-refractivity contribution in [2.45, 2.75) is 13.0 Å². The SMILES string of the molecule is COCCOCC(=O)N[C@@H](C)C(=O)OC. The Hall–Kier alpha value is -1.14. The van der Waals surface area contributed by atoms with E-state index in [4.69, 9.17) is 9.47 Å². The number of rotatable bonds is 7. The van der Waals surface area contributed by atoms with E-state index in [1.165, 1.54) is 7.11 Å². The van der Waals surface area contributed by atoms with Gasteiger partial charge >= 0.3 is 5.97 Å². The first-order valence-electron chi connectivity index (χ1n) is 4.55. The average molecular weight is 219 g/mol. The van der Waals surface area contributed by atoms with Gasteiger partial charge in [0.2, 0.25) is 5.91 Å². The quantitative estimate of drug-likeness (QED) is 0.454. The standard InChI is InChI=1S/C9H17NO5/c1-7(9(12)14-3)10-8(11)6-15-5-4-13-2/h7H,4-6H2,1-3H3,(H,10,11)/t7-/m0/s1. The van der Waals surface area contributed by atoms with E-state index in [2.05, 4.69) is 10.1 Å². The summed E-state index contributed by atoms with van der Waals surface area (Å²) >= 11 is 0. The number of carbonyl (C=O) groups excluding carboxylic acids is 2. The summed E-state index contributed by atoms with van der Waals surface area (Å²) in [6.07, 6.45) is 0. The molecule has 1 atom stereocenters. The van der Waals surface area contributed by atoms with Gasteiger partial charge in [-0.2, -0.15) is 0 Å². The first-order chi connectivity index (χ1) is 7.11. The molecular weight excluding hydrogens is 202 g/mol. The van der Waals surface area contributed by atoms with Gasteiger partial charge in [-0.15, -0.1) is 0 Å². The Labute approximate surface area is 88.9 Å². The van der Waals surface area contributed by atoms with Crippen molar-refractivity contribution in [3.63, 3.8) is 0 Å². The lowest BCUT2D eigenvalue weighted by Gasteiger charge is -2.11. The summed E-state index contributed by atoms with van der Waals surface area (Å²) in [5, 5.41) is 2.43. The fraction of sp³-hybridized carbons (Fsp3) is 0.778. The van der Waals surface area contributed by atoms with Crippen LogP contribution in [0.4, 0.5) is 0 Å². The van der Waals surface area contributed by atoms with E-state index < -0.39 is 12.0 Å². The van der Waals surface area contributed by atoms with E-state index in [0.29, 0.717) is 13.2 Å². The summed E-state index contributed by atoms with van der Waals surface area (Å²) in [6, 6.07) is -0.659. The van der Waals surface area contributed by atoms with Gasteiger partial charge in [0, 0.05) is 7.11 Å². The van der Waals surface area contributed by atoms with Gasteiger partial charge in [0.15, 0.2) is 0 Å². The van der Waals surface area contributed by atoms with E-state index >= 15 is 0 Å². The molecule has 0 aliphatic carbocycles. The van der Waals surface area contributed by atoms with Gasteiger partial charge in [0.1, 0.15) is 12.6 Å². The Morgan fingerprint density at radius 2 is 1.93 bits per heavy atom. The summed E-state index contributed by atoms with van der Waals surface area (Å²) in [6.45, 7) is 2.22. The van der Waals surface area contributed by atoms with Crippen molar-refractivity contribution in [3.05, 3.63) is 0 Å². The van der Waals surface area contributed by atoms with Crippen LogP contribution < -0.4 is 5.32 Å². The maximum atomic E-state index is 11.2. The summed E-state index contributed by atoms with van der Waals surface area (Å²) in [5.41, 5.74) is 0. The number of esters is 1. The van der Waals surface area contributed by atoms with Crippen LogP contribution in [-0.2, 0) is 23.8 Å². The highest BCUT2D eigenvalue weighted by Crippen LogP contribution is 1.86. The Morgan fingerprint density at radius 1 is 1.27 bits per heavy atom. The molecule has 0 fully saturated rings. The number of nitrogens with one attached hydrogen (secondary N) is 1. The molecule has 0 saturated heterocycles. The molecule has 1 N–H and O–H groups in total. The van der Waals surface area contributed by atoms with E-state index in [-0.39, 0.29) is 12.5 Å². The van der Waals surface area contributed by atoms with Crippen LogP contribution in [-0.4, -0.2) is 52.0 Å². The average Bonchev–Trinajstić information content (AvgIpc) is 2.23. The topological polar surface area (TPSA) is 73.9 Å². The molecular formula is C9H17NO5. The van der Waals surface area contributed by atoms with Gasteiger partial charge in [-0.1, -0.05) is 0 Å². The van der Waals surface area contributed by atoms with Crippen LogP contribution in [0.2, 0.25) is 0 Å². The zero-order chi connectivity index (χ0) is 11.7. The van der Waals surface area contributed by atoms with E-state index in [1.54, 1.807) is 14.0 Å². The molecule has 0 rings (SSSR count). The first kappa shape index (κ1) is 13.9. The Bertz CT molecular complexity index is 207. The van der Waals surface area contributed by atoms with Crippen molar-refractivity contribution in [1.82, 2.24) is 5.32 Å². The third-order valence-electron chi connectivity index (χ3n) is 1.60. The molecule has 0 aromatic carbocycles. The summed E-state index contributed by atoms with van der Waals surface area (Å²) in [5.74, 6) is -0.843. The fourth-order valence-electron chi connectivity index (χ4n) is 0.826. The highest BCUT2D eigenvalue weighted by Gasteiger charge is 2.15. The maximum absolute atomic E-state index is 11.2. The Morgan fingerprint density at radius 3 is 2.47 bits per heavy atom. The molecule has 1 amide bonds. The minimum absolute atomic E-state index is 0.0926. The Kier molecular flexibility index (Phi) is 7.57. The minimum atomic E-state index is -0.659. The molecule has 0 unspecified atom stereocenters. The second kappa shape index (κ2) is 8.19. The molecule has 0 saturated carbocycles. The number of ether oxygens (including phenoxy) is 3. The fourth-order valence-corrected chi connectivity index (χ4v) is 0.826. The second-order valence-corrected chi connectivity index (χ2v) is 2.86. The number of carbonyl (C=O) groups is 2. The lowest BCUT2D eigenvalue weighted by Crippen LogP contribution is -2.41. The van der Waals surface area contributed by atoms with Crippen LogP contribution in [0.25, 0.3) is 0 Å². The Balaban J connectivity index is 3.60. The molecule has 0 bridgehead atoms. The van der Waals surface area contributed by atoms with Crippen molar-refractivity contribution in [2.24, 2.45) is 0 Å². The molecule has 0 aliphatic rings. The predicted molar refractivity (Wildman–Crippen MR) is 52.3 cm³/mol. The van der Waals surface area contributed by atoms with Crippen LogP contribution >= 0.6 is 0 Å². The van der Waals surface area contributed by atoms with Gasteiger partial charge in [-0.3, -0.25) is 4.79 Å². The zero-order valence-corrected chi connectivity index (χ0v) is 9.24. The molecule has 88 valence electrons. The smallest absolute Gasteiger partial charge is 0.328 e. The highest BCUT2D eigenvalue weighted by molar-refractivity contribution is 5.84. The van der Waals surface area contributed by atoms with Crippen LogP contribution in [0, 0.1) is 0 Å². The molecule has 0 aliphatic heterocycles.